The van der Waals surface area contributed by atoms with Crippen LogP contribution in [0.15, 0.2) is 61.2 Å². The van der Waals surface area contributed by atoms with Crippen molar-refractivity contribution in [2.45, 2.75) is 6.10 Å². The maximum absolute atomic E-state index is 6.28. The van der Waals surface area contributed by atoms with Gasteiger partial charge in [-0.2, -0.15) is 0 Å². The summed E-state index contributed by atoms with van der Waals surface area (Å²) in [4.78, 5) is 21.4. The van der Waals surface area contributed by atoms with Gasteiger partial charge in [0.15, 0.2) is 5.65 Å². The van der Waals surface area contributed by atoms with Gasteiger partial charge in [0.1, 0.15) is 18.2 Å². The molecule has 1 saturated heterocycles. The van der Waals surface area contributed by atoms with Crippen LogP contribution in [0, 0.1) is 0 Å². The van der Waals surface area contributed by atoms with Crippen LogP contribution in [0.2, 0.25) is 0 Å². The van der Waals surface area contributed by atoms with Gasteiger partial charge in [-0.25, -0.2) is 15.0 Å². The molecule has 4 N–H and O–H groups in total. The molecule has 0 bridgehead atoms. The summed E-state index contributed by atoms with van der Waals surface area (Å²) in [6, 6.07) is 14.3. The third-order valence-electron chi connectivity index (χ3n) is 5.84. The summed E-state index contributed by atoms with van der Waals surface area (Å²) in [5.74, 6) is 0.407. The molecule has 158 valence electrons. The van der Waals surface area contributed by atoms with E-state index in [1.807, 2.05) is 24.4 Å². The maximum Gasteiger partial charge on any atom is 0.165 e. The molecule has 5 heterocycles. The van der Waals surface area contributed by atoms with Crippen molar-refractivity contribution in [2.24, 2.45) is 0 Å². The normalized spacial score (nSPS) is 16.6. The van der Waals surface area contributed by atoms with Gasteiger partial charge < -0.3 is 20.8 Å². The van der Waals surface area contributed by atoms with Gasteiger partial charge in [-0.15, -0.1) is 0 Å². The lowest BCUT2D eigenvalue weighted by atomic mass is 9.97. The van der Waals surface area contributed by atoms with E-state index in [1.165, 1.54) is 6.33 Å². The summed E-state index contributed by atoms with van der Waals surface area (Å²) in [7, 11) is 0. The van der Waals surface area contributed by atoms with Crippen molar-refractivity contribution in [3.8, 4) is 22.4 Å². The summed E-state index contributed by atoms with van der Waals surface area (Å²) in [6.07, 6.45) is 5.04. The summed E-state index contributed by atoms with van der Waals surface area (Å²) >= 11 is 0. The first kappa shape index (κ1) is 18.9. The zero-order chi connectivity index (χ0) is 21.5. The molecule has 4 aromatic heterocycles. The van der Waals surface area contributed by atoms with E-state index in [9.17, 15) is 0 Å². The minimum Gasteiger partial charge on any atom is -0.383 e. The largest absolute Gasteiger partial charge is 0.383 e. The number of H-pyrrole nitrogens is 1. The number of ether oxygens (including phenoxy) is 1. The minimum absolute atomic E-state index is 0.132. The van der Waals surface area contributed by atoms with Crippen molar-refractivity contribution in [2.75, 3.05) is 25.4 Å². The first-order valence-corrected chi connectivity index (χ1v) is 10.5. The Bertz CT molecular complexity index is 1440. The van der Waals surface area contributed by atoms with Gasteiger partial charge in [0.25, 0.3) is 0 Å². The number of nitrogens with two attached hydrogens (primary N) is 1. The molecule has 1 fully saturated rings. The Balaban J connectivity index is 1.59. The number of hydrogen-bond acceptors (Lipinski definition) is 7. The Hall–Kier alpha value is -3.88. The van der Waals surface area contributed by atoms with E-state index in [1.54, 1.807) is 6.20 Å². The molecule has 8 nitrogen and oxygen atoms in total. The second kappa shape index (κ2) is 7.67. The molecule has 1 atom stereocenters. The lowest BCUT2D eigenvalue weighted by molar-refractivity contribution is 0.0254. The van der Waals surface area contributed by atoms with Gasteiger partial charge in [-0.3, -0.25) is 4.98 Å². The molecule has 1 aromatic carbocycles. The van der Waals surface area contributed by atoms with Crippen molar-refractivity contribution >= 4 is 27.8 Å². The summed E-state index contributed by atoms with van der Waals surface area (Å²) in [6.45, 7) is 2.20. The van der Waals surface area contributed by atoms with Crippen LogP contribution < -0.4 is 11.1 Å². The fourth-order valence-electron chi connectivity index (χ4n) is 4.31. The van der Waals surface area contributed by atoms with Crippen molar-refractivity contribution in [3.05, 3.63) is 66.9 Å². The summed E-state index contributed by atoms with van der Waals surface area (Å²) in [5, 5.41) is 5.24. The van der Waals surface area contributed by atoms with Crippen molar-refractivity contribution in [1.29, 1.82) is 0 Å². The van der Waals surface area contributed by atoms with E-state index in [-0.39, 0.29) is 6.10 Å². The summed E-state index contributed by atoms with van der Waals surface area (Å²) in [5.41, 5.74) is 12.4. The minimum atomic E-state index is -0.132. The number of anilines is 1. The van der Waals surface area contributed by atoms with Crippen LogP contribution in [-0.2, 0) is 4.74 Å². The zero-order valence-electron chi connectivity index (χ0n) is 17.2. The molecule has 0 radical (unpaired) electrons. The van der Waals surface area contributed by atoms with Gasteiger partial charge >= 0.3 is 0 Å². The average Bonchev–Trinajstić information content (AvgIpc) is 3.32. The van der Waals surface area contributed by atoms with Crippen LogP contribution in [0.1, 0.15) is 11.8 Å². The third kappa shape index (κ3) is 3.17. The lowest BCUT2D eigenvalue weighted by Gasteiger charge is -2.25. The van der Waals surface area contributed by atoms with Crippen molar-refractivity contribution in [1.82, 2.24) is 30.2 Å². The Morgan fingerprint density at radius 2 is 2.00 bits per heavy atom. The van der Waals surface area contributed by atoms with Crippen molar-refractivity contribution in [3.63, 3.8) is 0 Å². The van der Waals surface area contributed by atoms with Gasteiger partial charge in [0, 0.05) is 36.6 Å². The van der Waals surface area contributed by atoms with Crippen LogP contribution in [0.25, 0.3) is 44.3 Å². The van der Waals surface area contributed by atoms with Crippen LogP contribution in [0.3, 0.4) is 0 Å². The van der Waals surface area contributed by atoms with E-state index in [2.05, 4.69) is 49.5 Å². The lowest BCUT2D eigenvalue weighted by Crippen LogP contribution is -2.34. The summed E-state index contributed by atoms with van der Waals surface area (Å²) < 4.78 is 5.99. The number of nitrogens with zero attached hydrogens (tertiary/aromatic N) is 4. The molecule has 8 heteroatoms. The Morgan fingerprint density at radius 3 is 2.91 bits per heavy atom. The zero-order valence-corrected chi connectivity index (χ0v) is 17.2. The number of pyridine rings is 2. The maximum atomic E-state index is 6.28. The second-order valence-electron chi connectivity index (χ2n) is 7.79. The van der Waals surface area contributed by atoms with Crippen LogP contribution >= 0.6 is 0 Å². The SMILES string of the molecule is Nc1ncnc2nc(-c3cccnc3C3CNCCO3)cc(-c3ccc4[nH]ccc4c3)c12. The van der Waals surface area contributed by atoms with E-state index < -0.39 is 0 Å². The first-order chi connectivity index (χ1) is 15.8. The number of aromatic amines is 1. The average molecular weight is 423 g/mol. The van der Waals surface area contributed by atoms with Crippen LogP contribution in [0.4, 0.5) is 5.82 Å². The molecule has 1 aliphatic heterocycles. The van der Waals surface area contributed by atoms with Crippen LogP contribution in [0.5, 0.6) is 0 Å². The smallest absolute Gasteiger partial charge is 0.165 e. The molecule has 0 saturated carbocycles. The number of nitrogen functional groups attached to an aromatic ring is 1. The highest BCUT2D eigenvalue weighted by atomic mass is 16.5. The van der Waals surface area contributed by atoms with Crippen molar-refractivity contribution < 1.29 is 4.74 Å². The Morgan fingerprint density at radius 1 is 1.03 bits per heavy atom. The number of aromatic nitrogens is 5. The first-order valence-electron chi connectivity index (χ1n) is 10.5. The predicted octanol–water partition coefficient (Wildman–Crippen LogP) is 3.48. The number of fused-ring (bicyclic) bond motifs is 2. The number of morpholine rings is 1. The molecular formula is C24H21N7O. The van der Waals surface area contributed by atoms with E-state index in [4.69, 9.17) is 15.5 Å². The topological polar surface area (TPSA) is 115 Å². The Labute approximate surface area is 183 Å². The number of benzene rings is 1. The monoisotopic (exact) mass is 423 g/mol. The van der Waals surface area contributed by atoms with Gasteiger partial charge in [-0.1, -0.05) is 6.07 Å². The molecule has 32 heavy (non-hydrogen) atoms. The molecule has 0 spiro atoms. The molecular weight excluding hydrogens is 402 g/mol. The molecule has 6 rings (SSSR count). The molecule has 1 unspecified atom stereocenters. The quantitative estimate of drug-likeness (QED) is 0.407. The fraction of sp³-hybridized carbons (Fsp3) is 0.167. The number of rotatable bonds is 3. The Kier molecular flexibility index (Phi) is 4.52. The molecule has 5 aromatic rings. The van der Waals surface area contributed by atoms with Gasteiger partial charge in [0.2, 0.25) is 0 Å². The van der Waals surface area contributed by atoms with Gasteiger partial charge in [0.05, 0.1) is 23.4 Å². The molecule has 1 aliphatic rings. The fourth-order valence-corrected chi connectivity index (χ4v) is 4.31. The number of hydrogen-bond donors (Lipinski definition) is 3. The van der Waals surface area contributed by atoms with E-state index in [0.717, 1.165) is 50.9 Å². The van der Waals surface area contributed by atoms with E-state index in [0.29, 0.717) is 24.6 Å². The molecule has 0 aliphatic carbocycles. The molecule has 0 amide bonds. The highest BCUT2D eigenvalue weighted by Crippen LogP contribution is 2.36. The highest BCUT2D eigenvalue weighted by Gasteiger charge is 2.23. The predicted molar refractivity (Wildman–Crippen MR) is 124 cm³/mol. The second-order valence-corrected chi connectivity index (χ2v) is 7.79. The van der Waals surface area contributed by atoms with Crippen LogP contribution in [-0.4, -0.2) is 44.6 Å². The van der Waals surface area contributed by atoms with Gasteiger partial charge in [-0.05, 0) is 52.9 Å². The number of nitrogens with one attached hydrogen (secondary N) is 2. The van der Waals surface area contributed by atoms with E-state index >= 15 is 0 Å². The highest BCUT2D eigenvalue weighted by molar-refractivity contribution is 6.02. The third-order valence-corrected chi connectivity index (χ3v) is 5.84. The standard InChI is InChI=1S/C24H21N7O/c25-23-21-17(14-3-4-18-15(10-14)5-7-27-18)11-19(31-24(21)30-13-29-23)16-2-1-6-28-22(16)20-12-26-8-9-32-20/h1-7,10-11,13,20,26-27H,8-9,12H2,(H2,25,29,30,31).